The van der Waals surface area contributed by atoms with E-state index in [2.05, 4.69) is 4.79 Å². The third kappa shape index (κ3) is 2.26. The lowest BCUT2D eigenvalue weighted by atomic mass is 10.2. The molecule has 5 heteroatoms. The molecule has 0 N–H and O–H groups in total. The number of fused-ring (bicyclic) bond motifs is 1. The van der Waals surface area contributed by atoms with E-state index in [0.717, 1.165) is 5.56 Å². The van der Waals surface area contributed by atoms with Gasteiger partial charge in [-0.25, -0.2) is 0 Å². The molecule has 0 aliphatic rings. The van der Waals surface area contributed by atoms with Crippen LogP contribution in [0, 0.1) is 0 Å². The second-order valence-electron chi connectivity index (χ2n) is 4.59. The van der Waals surface area contributed by atoms with Crippen LogP contribution in [-0.2, 0) is 6.61 Å². The van der Waals surface area contributed by atoms with Gasteiger partial charge in [-0.1, -0.05) is 30.3 Å². The van der Waals surface area contributed by atoms with Crippen molar-refractivity contribution in [2.24, 2.45) is 0 Å². The van der Waals surface area contributed by atoms with Gasteiger partial charge in [0.15, 0.2) is 0 Å². The number of rotatable bonds is 3. The third-order valence-corrected chi connectivity index (χ3v) is 3.26. The molecule has 0 atom stereocenters. The monoisotopic (exact) mass is 278 g/mol. The second kappa shape index (κ2) is 5.15. The van der Waals surface area contributed by atoms with Gasteiger partial charge < -0.3 is 10.3 Å². The van der Waals surface area contributed by atoms with E-state index in [0.29, 0.717) is 12.4 Å². The first-order chi connectivity index (χ1) is 10.2. The minimum Gasteiger partial charge on any atom is -0.489 e. The molecule has 0 aliphatic heterocycles. The largest absolute Gasteiger partial charge is 0.489 e. The molecular weight excluding hydrogens is 268 g/mol. The minimum atomic E-state index is -0.581. The molecule has 3 aromatic carbocycles. The second-order valence-corrected chi connectivity index (χ2v) is 4.59. The van der Waals surface area contributed by atoms with Crippen molar-refractivity contribution in [3.63, 3.8) is 0 Å². The van der Waals surface area contributed by atoms with E-state index in [-0.39, 0.29) is 10.8 Å². The predicted octanol–water partition coefficient (Wildman–Crippen LogP) is 1.15. The van der Waals surface area contributed by atoms with Crippen molar-refractivity contribution >= 4 is 10.8 Å². The van der Waals surface area contributed by atoms with Gasteiger partial charge in [0, 0.05) is 10.8 Å². The summed E-state index contributed by atoms with van der Waals surface area (Å²) in [5.41, 5.74) is 8.57. The summed E-state index contributed by atoms with van der Waals surface area (Å²) in [6, 6.07) is 14.2. The van der Waals surface area contributed by atoms with Crippen LogP contribution < -0.4 is 21.0 Å². The highest BCUT2D eigenvalue weighted by Crippen LogP contribution is 2.17. The Balaban J connectivity index is 1.99. The summed E-state index contributed by atoms with van der Waals surface area (Å²) in [6.45, 7) is 0.364. The van der Waals surface area contributed by atoms with Crippen molar-refractivity contribution in [3.8, 4) is 5.75 Å². The number of hydrogen-bond donors (Lipinski definition) is 0. The average molecular weight is 278 g/mol. The van der Waals surface area contributed by atoms with Gasteiger partial charge in [-0.3, -0.25) is 9.59 Å². The van der Waals surface area contributed by atoms with E-state index < -0.39 is 16.2 Å². The fourth-order valence-electron chi connectivity index (χ4n) is 2.19. The van der Waals surface area contributed by atoms with E-state index in [1.165, 1.54) is 12.1 Å². The van der Waals surface area contributed by atoms with E-state index >= 15 is 0 Å². The summed E-state index contributed by atoms with van der Waals surface area (Å²) in [4.78, 5) is 26.4. The lowest BCUT2D eigenvalue weighted by molar-refractivity contribution is -0.0674. The SMILES string of the molecule is [N-]=[N+]=c1c(=O)c2ccc(OCc3ccccc3)cc2c1=O. The smallest absolute Gasteiger partial charge is 0.410 e. The van der Waals surface area contributed by atoms with Gasteiger partial charge in [0.05, 0.1) is 0 Å². The Kier molecular flexibility index (Phi) is 3.18. The Labute approximate surface area is 119 Å². The lowest BCUT2D eigenvalue weighted by Gasteiger charge is -2.05. The van der Waals surface area contributed by atoms with Crippen molar-refractivity contribution in [2.75, 3.05) is 0 Å². The van der Waals surface area contributed by atoms with Crippen molar-refractivity contribution < 1.29 is 9.53 Å². The quantitative estimate of drug-likeness (QED) is 0.532. The lowest BCUT2D eigenvalue weighted by Crippen LogP contribution is -2.32. The Morgan fingerprint density at radius 1 is 0.952 bits per heavy atom. The first-order valence-electron chi connectivity index (χ1n) is 6.33. The minimum absolute atomic E-state index is 0.207. The normalized spacial score (nSPS) is 10.5. The van der Waals surface area contributed by atoms with Crippen LogP contribution in [0.4, 0.5) is 0 Å². The maximum atomic E-state index is 11.9. The molecule has 5 nitrogen and oxygen atoms in total. The summed E-state index contributed by atoms with van der Waals surface area (Å²) >= 11 is 0. The van der Waals surface area contributed by atoms with Gasteiger partial charge in [0.1, 0.15) is 12.4 Å². The van der Waals surface area contributed by atoms with Crippen LogP contribution in [0.15, 0.2) is 58.1 Å². The Hall–Kier alpha value is -3.04. The van der Waals surface area contributed by atoms with Gasteiger partial charge in [-0.15, -0.1) is 0 Å². The molecule has 0 heterocycles. The first kappa shape index (κ1) is 13.0. The highest BCUT2D eigenvalue weighted by Gasteiger charge is 2.16. The van der Waals surface area contributed by atoms with Crippen LogP contribution >= 0.6 is 0 Å². The molecule has 0 unspecified atom stereocenters. The van der Waals surface area contributed by atoms with E-state index in [1.807, 2.05) is 30.3 Å². The average Bonchev–Trinajstić information content (AvgIpc) is 2.77. The standard InChI is InChI=1S/C16H10N2O3/c17-18-14-15(19)12-7-6-11(8-13(12)16(14)20)21-9-10-4-2-1-3-5-10/h1-8H,9H2. The predicted molar refractivity (Wildman–Crippen MR) is 76.4 cm³/mol. The van der Waals surface area contributed by atoms with E-state index in [1.54, 1.807) is 6.07 Å². The van der Waals surface area contributed by atoms with Crippen molar-refractivity contribution in [1.82, 2.24) is 0 Å². The molecule has 3 rings (SSSR count). The van der Waals surface area contributed by atoms with Crippen LogP contribution in [0.25, 0.3) is 16.3 Å². The van der Waals surface area contributed by atoms with Gasteiger partial charge in [0.2, 0.25) is 0 Å². The molecule has 0 saturated carbocycles. The fraction of sp³-hybridized carbons (Fsp3) is 0.0625. The summed E-state index contributed by atoms with van der Waals surface area (Å²) in [5, 5.41) is -0.0107. The summed E-state index contributed by atoms with van der Waals surface area (Å²) in [5.74, 6) is 0.484. The number of nitrogens with zero attached hydrogens (tertiary/aromatic N) is 2. The third-order valence-electron chi connectivity index (χ3n) is 3.26. The zero-order valence-corrected chi connectivity index (χ0v) is 10.9. The first-order valence-corrected chi connectivity index (χ1v) is 6.33. The highest BCUT2D eigenvalue weighted by atomic mass is 16.5. The van der Waals surface area contributed by atoms with Crippen LogP contribution in [0.1, 0.15) is 5.56 Å². The van der Waals surface area contributed by atoms with Gasteiger partial charge in [-0.05, 0) is 23.8 Å². The van der Waals surface area contributed by atoms with Crippen LogP contribution in [0.5, 0.6) is 5.75 Å². The summed E-state index contributed by atoms with van der Waals surface area (Å²) < 4.78 is 5.60. The van der Waals surface area contributed by atoms with E-state index in [9.17, 15) is 9.59 Å². The molecule has 0 radical (unpaired) electrons. The number of hydrogen-bond acceptors (Lipinski definition) is 3. The van der Waals surface area contributed by atoms with Gasteiger partial charge >= 0.3 is 5.36 Å². The molecule has 0 aromatic heterocycles. The molecular formula is C16H10N2O3. The topological polar surface area (TPSA) is 79.8 Å². The van der Waals surface area contributed by atoms with Gasteiger partial charge in [-0.2, -0.15) is 4.79 Å². The fourth-order valence-corrected chi connectivity index (χ4v) is 2.19. The van der Waals surface area contributed by atoms with Crippen LogP contribution in [-0.4, -0.2) is 4.79 Å². The Morgan fingerprint density at radius 2 is 1.67 bits per heavy atom. The molecule has 21 heavy (non-hydrogen) atoms. The number of ether oxygens (including phenoxy) is 1. The molecule has 0 bridgehead atoms. The van der Waals surface area contributed by atoms with Crippen LogP contribution in [0.3, 0.4) is 0 Å². The molecule has 0 amide bonds. The van der Waals surface area contributed by atoms with Gasteiger partial charge in [0.25, 0.3) is 10.9 Å². The molecule has 0 aliphatic carbocycles. The summed E-state index contributed by atoms with van der Waals surface area (Å²) in [6.07, 6.45) is 0. The molecule has 3 aromatic rings. The molecule has 0 spiro atoms. The van der Waals surface area contributed by atoms with E-state index in [4.69, 9.17) is 10.3 Å². The van der Waals surface area contributed by atoms with Crippen molar-refractivity contribution in [3.05, 3.63) is 85.4 Å². The maximum Gasteiger partial charge on any atom is 0.410 e. The van der Waals surface area contributed by atoms with Crippen molar-refractivity contribution in [2.45, 2.75) is 6.61 Å². The zero-order valence-electron chi connectivity index (χ0n) is 10.9. The highest BCUT2D eigenvalue weighted by molar-refractivity contribution is 5.84. The van der Waals surface area contributed by atoms with Crippen LogP contribution in [0.2, 0.25) is 0 Å². The van der Waals surface area contributed by atoms with Crippen molar-refractivity contribution in [1.29, 1.82) is 0 Å². The maximum absolute atomic E-state index is 11.9. The molecule has 0 saturated heterocycles. The summed E-state index contributed by atoms with van der Waals surface area (Å²) in [7, 11) is 0. The Bertz CT molecular complexity index is 980. The number of benzene rings is 2. The molecule has 0 fully saturated rings. The molecule has 102 valence electrons. The zero-order chi connectivity index (χ0) is 14.8. The Morgan fingerprint density at radius 3 is 2.38 bits per heavy atom.